The number of rotatable bonds is 65. The molecule has 0 rings (SSSR count). The van der Waals surface area contributed by atoms with Crippen LogP contribution in [0.1, 0.15) is 342 Å². The molecule has 0 spiro atoms. The lowest BCUT2D eigenvalue weighted by atomic mass is 10.0. The fraction of sp³-hybridized carbons (Fsp3) is 0.836. The number of esters is 1. The summed E-state index contributed by atoms with van der Waals surface area (Å²) in [5.41, 5.74) is 0. The van der Waals surface area contributed by atoms with Crippen LogP contribution in [0.4, 0.5) is 0 Å². The minimum Gasteiger partial charge on any atom is -0.456 e. The number of phosphoric acid groups is 1. The van der Waals surface area contributed by atoms with Gasteiger partial charge in [-0.2, -0.15) is 0 Å². The lowest BCUT2D eigenvalue weighted by molar-refractivity contribution is -0.870. The van der Waals surface area contributed by atoms with Crippen molar-refractivity contribution in [1.82, 2.24) is 5.32 Å². The van der Waals surface area contributed by atoms with Crippen LogP contribution in [0.15, 0.2) is 60.8 Å². The van der Waals surface area contributed by atoms with Gasteiger partial charge in [0.25, 0.3) is 0 Å². The molecule has 0 aliphatic heterocycles. The molecule has 0 aliphatic carbocycles. The van der Waals surface area contributed by atoms with Crippen molar-refractivity contribution in [3.8, 4) is 0 Å². The van der Waals surface area contributed by atoms with Crippen molar-refractivity contribution in [3.05, 3.63) is 60.8 Å². The molecule has 9 nitrogen and oxygen atoms in total. The number of likely N-dealkylation sites (N-methyl/N-ethyl adjacent to an activating group) is 1. The Balaban J connectivity index is 5.11. The normalized spacial score (nSPS) is 13.9. The van der Waals surface area contributed by atoms with Gasteiger partial charge in [0.15, 0.2) is 0 Å². The number of carbonyl (C=O) groups excluding carboxylic acids is 2. The third-order valence-corrected chi connectivity index (χ3v) is 16.9. The molecule has 0 fully saturated rings. The smallest absolute Gasteiger partial charge is 0.456 e. The van der Waals surface area contributed by atoms with Gasteiger partial charge in [-0.15, -0.1) is 0 Å². The molecule has 0 aromatic carbocycles. The Morgan fingerprint density at radius 1 is 0.422 bits per heavy atom. The lowest BCUT2D eigenvalue weighted by Crippen LogP contribution is -2.47. The zero-order valence-electron chi connectivity index (χ0n) is 55.7. The fourth-order valence-electron chi connectivity index (χ4n) is 10.5. The number of amides is 1. The SMILES string of the molecule is CCCCC/C=C\C/C=C\C/C=C\C/C=C\CCCCCCCCCCCC(=O)OC(/C=C/CCCCCCCCCCCCC)C(COP(=O)(O)OCC[N+](C)(C)C)NC(=O)CCCCCCCCCCCCCCCCCCCCC. The second kappa shape index (κ2) is 62.8. The van der Waals surface area contributed by atoms with Crippen LogP contribution >= 0.6 is 7.82 Å². The van der Waals surface area contributed by atoms with Crippen molar-refractivity contribution in [2.24, 2.45) is 0 Å². The lowest BCUT2D eigenvalue weighted by Gasteiger charge is -2.27. The number of quaternary nitrogens is 1. The summed E-state index contributed by atoms with van der Waals surface area (Å²) in [7, 11) is 1.50. The Hall–Kier alpha value is -2.29. The number of phosphoric ester groups is 1. The van der Waals surface area contributed by atoms with Crippen LogP contribution in [0.3, 0.4) is 0 Å². The first-order valence-corrected chi connectivity index (χ1v) is 37.1. The van der Waals surface area contributed by atoms with Crippen molar-refractivity contribution < 1.29 is 37.3 Å². The molecule has 0 bridgehead atoms. The minimum atomic E-state index is -4.45. The van der Waals surface area contributed by atoms with Crippen molar-refractivity contribution in [1.29, 1.82) is 0 Å². The highest BCUT2D eigenvalue weighted by Crippen LogP contribution is 2.43. The third-order valence-electron chi connectivity index (χ3n) is 16.0. The van der Waals surface area contributed by atoms with Crippen molar-refractivity contribution in [2.45, 2.75) is 354 Å². The molecule has 0 aliphatic rings. The van der Waals surface area contributed by atoms with E-state index in [1.54, 1.807) is 0 Å². The molecule has 0 saturated heterocycles. The number of allylic oxidation sites excluding steroid dienone is 9. The second-order valence-corrected chi connectivity index (χ2v) is 26.9. The molecule has 0 aromatic heterocycles. The van der Waals surface area contributed by atoms with E-state index in [1.165, 1.54) is 225 Å². The second-order valence-electron chi connectivity index (χ2n) is 25.4. The van der Waals surface area contributed by atoms with Gasteiger partial charge in [0.1, 0.15) is 19.3 Å². The highest BCUT2D eigenvalue weighted by Gasteiger charge is 2.30. The number of nitrogens with zero attached hydrogens (tertiary/aromatic N) is 1. The molecule has 0 radical (unpaired) electrons. The van der Waals surface area contributed by atoms with E-state index in [-0.39, 0.29) is 31.5 Å². The molecule has 0 heterocycles. The number of unbranched alkanes of at least 4 members (excludes halogenated alkanes) is 41. The summed E-state index contributed by atoms with van der Waals surface area (Å²) in [6, 6.07) is -0.851. The van der Waals surface area contributed by atoms with Crippen LogP contribution in [0, 0.1) is 0 Å². The van der Waals surface area contributed by atoms with Gasteiger partial charge in [-0.3, -0.25) is 18.6 Å². The Kier molecular flexibility index (Phi) is 61.0. The topological polar surface area (TPSA) is 111 Å². The standard InChI is InChI=1S/C73H137N2O7P/c1-7-10-13-16-19-22-25-28-30-32-34-35-36-37-38-39-41-43-45-48-51-54-57-60-63-66-73(77)82-71(64-61-58-55-52-49-46-27-24-21-18-15-12-9-3)70(69-81-83(78,79)80-68-67-75(4,5)6)74-72(76)65-62-59-56-53-50-47-44-42-40-33-31-29-26-23-20-17-14-11-8-2/h19,22,28,30,34-35,37-38,61,64,70-71H,7-18,20-21,23-27,29,31-33,36,39-60,62-63,65-69H2,1-6H3,(H-,74,76,78,79)/p+1/b22-19-,30-28-,35-34-,38-37-,64-61+. The summed E-state index contributed by atoms with van der Waals surface area (Å²) >= 11 is 0. The van der Waals surface area contributed by atoms with Gasteiger partial charge in [0.05, 0.1) is 33.8 Å². The van der Waals surface area contributed by atoms with Gasteiger partial charge >= 0.3 is 13.8 Å². The van der Waals surface area contributed by atoms with Gasteiger partial charge in [-0.1, -0.05) is 313 Å². The number of carbonyl (C=O) groups is 2. The summed E-state index contributed by atoms with van der Waals surface area (Å²) in [5, 5.41) is 3.07. The minimum absolute atomic E-state index is 0.0400. The van der Waals surface area contributed by atoms with E-state index in [2.05, 4.69) is 74.7 Å². The van der Waals surface area contributed by atoms with E-state index in [9.17, 15) is 19.0 Å². The zero-order valence-corrected chi connectivity index (χ0v) is 56.6. The Morgan fingerprint density at radius 3 is 1.12 bits per heavy atom. The molecular formula is C73H138N2O7P+. The molecule has 83 heavy (non-hydrogen) atoms. The van der Waals surface area contributed by atoms with Gasteiger partial charge in [0, 0.05) is 12.8 Å². The van der Waals surface area contributed by atoms with Crippen molar-refractivity contribution in [2.75, 3.05) is 40.9 Å². The third kappa shape index (κ3) is 64.0. The first kappa shape index (κ1) is 80.7. The molecule has 0 saturated carbocycles. The predicted octanol–water partition coefficient (Wildman–Crippen LogP) is 22.6. The van der Waals surface area contributed by atoms with Crippen LogP contribution in [0.5, 0.6) is 0 Å². The highest BCUT2D eigenvalue weighted by atomic mass is 31.2. The average molecular weight is 1190 g/mol. The molecule has 3 unspecified atom stereocenters. The summed E-state index contributed by atoms with van der Waals surface area (Å²) < 4.78 is 30.8. The predicted molar refractivity (Wildman–Crippen MR) is 360 cm³/mol. The molecule has 2 N–H and O–H groups in total. The van der Waals surface area contributed by atoms with Crippen molar-refractivity contribution >= 4 is 19.7 Å². The Morgan fingerprint density at radius 2 is 0.735 bits per heavy atom. The molecular weight excluding hydrogens is 1050 g/mol. The van der Waals surface area contributed by atoms with E-state index in [0.717, 1.165) is 83.5 Å². The van der Waals surface area contributed by atoms with E-state index >= 15 is 0 Å². The maximum Gasteiger partial charge on any atom is 0.472 e. The van der Waals surface area contributed by atoms with Gasteiger partial charge in [-0.25, -0.2) is 4.57 Å². The average Bonchev–Trinajstić information content (AvgIpc) is 3.46. The van der Waals surface area contributed by atoms with Gasteiger partial charge in [0.2, 0.25) is 5.91 Å². The highest BCUT2D eigenvalue weighted by molar-refractivity contribution is 7.47. The molecule has 10 heteroatoms. The largest absolute Gasteiger partial charge is 0.472 e. The number of hydrogen-bond acceptors (Lipinski definition) is 6. The van der Waals surface area contributed by atoms with E-state index in [0.29, 0.717) is 17.4 Å². The van der Waals surface area contributed by atoms with Crippen molar-refractivity contribution in [3.63, 3.8) is 0 Å². The number of nitrogens with one attached hydrogen (secondary N) is 1. The Labute approximate surface area is 515 Å². The summed E-state index contributed by atoms with van der Waals surface area (Å²) in [6.45, 7) is 7.03. The van der Waals surface area contributed by atoms with Crippen LogP contribution in [-0.4, -0.2) is 74.3 Å². The molecule has 1 amide bonds. The fourth-order valence-corrected chi connectivity index (χ4v) is 11.2. The van der Waals surface area contributed by atoms with Crippen LogP contribution in [0.2, 0.25) is 0 Å². The first-order chi connectivity index (χ1) is 40.4. The van der Waals surface area contributed by atoms with E-state index < -0.39 is 20.0 Å². The van der Waals surface area contributed by atoms with E-state index in [1.807, 2.05) is 33.3 Å². The van der Waals surface area contributed by atoms with E-state index in [4.69, 9.17) is 13.8 Å². The maximum atomic E-state index is 13.6. The Bertz CT molecular complexity index is 1600. The summed E-state index contributed by atoms with van der Waals surface area (Å²) in [4.78, 5) is 37.9. The quantitative estimate of drug-likeness (QED) is 0.0205. The monoisotopic (exact) mass is 1190 g/mol. The molecule has 0 aromatic rings. The van der Waals surface area contributed by atoms with Gasteiger partial charge in [-0.05, 0) is 76.7 Å². The summed E-state index contributed by atoms with van der Waals surface area (Å²) in [5.74, 6) is -0.497. The van der Waals surface area contributed by atoms with Crippen LogP contribution < -0.4 is 5.32 Å². The summed E-state index contributed by atoms with van der Waals surface area (Å²) in [6.07, 6.45) is 80.8. The maximum absolute atomic E-state index is 13.6. The molecule has 486 valence electrons. The number of hydrogen-bond donors (Lipinski definition) is 2. The van der Waals surface area contributed by atoms with Gasteiger partial charge < -0.3 is 19.4 Å². The zero-order chi connectivity index (χ0) is 60.7. The van der Waals surface area contributed by atoms with Crippen LogP contribution in [0.25, 0.3) is 0 Å². The number of ether oxygens (including phenoxy) is 1. The molecule has 3 atom stereocenters. The van der Waals surface area contributed by atoms with Crippen LogP contribution in [-0.2, 0) is 27.9 Å². The first-order valence-electron chi connectivity index (χ1n) is 35.6.